The molecule has 12 heteroatoms. The van der Waals surface area contributed by atoms with Crippen LogP contribution in [0.5, 0.6) is 17.2 Å². The molecule has 0 aromatic heterocycles. The van der Waals surface area contributed by atoms with Crippen molar-refractivity contribution in [2.24, 2.45) is 0 Å². The smallest absolute Gasteiger partial charge is 0.257 e. The predicted octanol–water partition coefficient (Wildman–Crippen LogP) is 6.01. The van der Waals surface area contributed by atoms with Crippen LogP contribution in [-0.4, -0.2) is 55.7 Å². The zero-order chi connectivity index (χ0) is 34.2. The molecule has 250 valence electrons. The maximum absolute atomic E-state index is 14.4. The van der Waals surface area contributed by atoms with E-state index < -0.39 is 20.0 Å². The third-order valence-electron chi connectivity index (χ3n) is 7.66. The van der Waals surface area contributed by atoms with Crippen molar-refractivity contribution in [3.63, 3.8) is 0 Å². The number of nitrogens with zero attached hydrogens (tertiary/aromatic N) is 2. The third-order valence-corrected chi connectivity index (χ3v) is 10.9. The minimum atomic E-state index is -4.45. The molecule has 0 radical (unpaired) electrons. The summed E-state index contributed by atoms with van der Waals surface area (Å²) in [5.74, 6) is 1.04. The van der Waals surface area contributed by atoms with E-state index in [1.165, 1.54) is 27.4 Å². The van der Waals surface area contributed by atoms with E-state index in [0.29, 0.717) is 39.5 Å². The Morgan fingerprint density at radius 3 is 1.87 bits per heavy atom. The van der Waals surface area contributed by atoms with Gasteiger partial charge in [0.15, 0.2) is 11.5 Å². The highest BCUT2D eigenvalue weighted by atomic mass is 32.2. The van der Waals surface area contributed by atoms with Crippen LogP contribution in [0.25, 0.3) is 11.1 Å². The quantitative estimate of drug-likeness (QED) is 0.143. The summed E-state index contributed by atoms with van der Waals surface area (Å²) in [5, 5.41) is 0. The molecule has 4 aromatic rings. The minimum absolute atomic E-state index is 0.0519. The lowest BCUT2D eigenvalue weighted by molar-refractivity contribution is 0.324. The van der Waals surface area contributed by atoms with Gasteiger partial charge in [0, 0.05) is 30.8 Å². The van der Waals surface area contributed by atoms with Crippen molar-refractivity contribution in [2.75, 3.05) is 39.3 Å². The van der Waals surface area contributed by atoms with Gasteiger partial charge in [0.05, 0.1) is 37.7 Å². The fraction of sp³-hybridized carbons (Fsp3) is 0.257. The van der Waals surface area contributed by atoms with Crippen molar-refractivity contribution in [1.29, 1.82) is 0 Å². The van der Waals surface area contributed by atoms with Crippen LogP contribution < -0.4 is 23.9 Å². The molecule has 0 aliphatic rings. The van der Waals surface area contributed by atoms with E-state index in [0.717, 1.165) is 23.2 Å². The van der Waals surface area contributed by atoms with E-state index in [1.54, 1.807) is 54.6 Å². The number of ether oxygens (including phenoxy) is 3. The average molecular weight is 680 g/mol. The highest BCUT2D eigenvalue weighted by Gasteiger charge is 2.32. The minimum Gasteiger partial charge on any atom is -0.493 e. The molecule has 4 aromatic carbocycles. The van der Waals surface area contributed by atoms with Crippen molar-refractivity contribution in [1.82, 2.24) is 9.25 Å². The highest BCUT2D eigenvalue weighted by Crippen LogP contribution is 2.39. The van der Waals surface area contributed by atoms with Crippen molar-refractivity contribution >= 4 is 25.7 Å². The van der Waals surface area contributed by atoms with E-state index in [2.05, 4.69) is 30.2 Å². The largest absolute Gasteiger partial charge is 0.493 e. The Morgan fingerprint density at radius 1 is 0.745 bits per heavy atom. The molecule has 0 amide bonds. The van der Waals surface area contributed by atoms with Gasteiger partial charge in [-0.15, -0.1) is 9.25 Å². The van der Waals surface area contributed by atoms with Gasteiger partial charge in [-0.25, -0.2) is 16.8 Å². The summed E-state index contributed by atoms with van der Waals surface area (Å²) < 4.78 is 73.4. The number of nitrogens with one attached hydrogen (secondary N) is 1. The van der Waals surface area contributed by atoms with Crippen LogP contribution in [0.4, 0.5) is 5.69 Å². The van der Waals surface area contributed by atoms with Crippen LogP contribution in [0, 0.1) is 0 Å². The summed E-state index contributed by atoms with van der Waals surface area (Å²) in [6.07, 6.45) is -0.154. The second-order valence-corrected chi connectivity index (χ2v) is 14.2. The van der Waals surface area contributed by atoms with Gasteiger partial charge in [0.2, 0.25) is 15.8 Å². The van der Waals surface area contributed by atoms with Gasteiger partial charge >= 0.3 is 0 Å². The third kappa shape index (κ3) is 8.14. The molecule has 4 rings (SSSR count). The van der Waals surface area contributed by atoms with Gasteiger partial charge in [0.25, 0.3) is 10.0 Å². The number of anilines is 1. The molecule has 0 spiro atoms. The molecule has 1 N–H and O–H groups in total. The summed E-state index contributed by atoms with van der Waals surface area (Å²) >= 11 is 0. The number of hydrogen-bond acceptors (Lipinski definition) is 8. The van der Waals surface area contributed by atoms with E-state index in [4.69, 9.17) is 14.2 Å². The number of hydrogen-bond donors (Lipinski definition) is 1. The molecule has 0 saturated heterocycles. The second-order valence-electron chi connectivity index (χ2n) is 10.6. The summed E-state index contributed by atoms with van der Waals surface area (Å²) in [4.78, 5) is 4.18. The van der Waals surface area contributed by atoms with Crippen LogP contribution >= 0.6 is 0 Å². The molecule has 0 aliphatic carbocycles. The molecule has 0 fully saturated rings. The van der Waals surface area contributed by atoms with Crippen LogP contribution in [0.1, 0.15) is 25.0 Å². The van der Waals surface area contributed by atoms with Gasteiger partial charge in [-0.2, -0.15) is 0 Å². The molecule has 0 saturated carbocycles. The molecule has 0 heterocycles. The first-order chi connectivity index (χ1) is 22.5. The number of allylic oxidation sites excluding steroid dienone is 1. The zero-order valence-corrected chi connectivity index (χ0v) is 28.9. The lowest BCUT2D eigenvalue weighted by Crippen LogP contribution is -2.46. The Kier molecular flexibility index (Phi) is 11.7. The molecule has 47 heavy (non-hydrogen) atoms. The molecular formula is C35H41N3O7S2. The van der Waals surface area contributed by atoms with Gasteiger partial charge in [-0.3, -0.25) is 0 Å². The first kappa shape index (κ1) is 35.5. The Labute approximate surface area is 278 Å². The summed E-state index contributed by atoms with van der Waals surface area (Å²) in [6.45, 7) is 9.25. The molecule has 0 aliphatic heterocycles. The lowest BCUT2D eigenvalue weighted by Gasteiger charge is -2.25. The first-order valence-electron chi connectivity index (χ1n) is 15.0. The Morgan fingerprint density at radius 2 is 1.32 bits per heavy atom. The number of hydrazine groups is 1. The number of sulfonamides is 2. The fourth-order valence-electron chi connectivity index (χ4n) is 5.16. The van der Waals surface area contributed by atoms with Gasteiger partial charge in [-0.05, 0) is 60.9 Å². The van der Waals surface area contributed by atoms with Crippen molar-refractivity contribution in [3.05, 3.63) is 114 Å². The van der Waals surface area contributed by atoms with Crippen LogP contribution in [0.2, 0.25) is 0 Å². The fourth-order valence-corrected chi connectivity index (χ4v) is 7.93. The average Bonchev–Trinajstić information content (AvgIpc) is 3.09. The molecule has 0 unspecified atom stereocenters. The highest BCUT2D eigenvalue weighted by molar-refractivity contribution is 7.94. The number of rotatable bonds is 16. The van der Waals surface area contributed by atoms with Crippen molar-refractivity contribution < 1.29 is 31.0 Å². The van der Waals surface area contributed by atoms with Gasteiger partial charge in [0.1, 0.15) is 0 Å². The SMILES string of the molecule is C=C(Cc1cc(OC)c(OC)c(OC)c1)S(=O)(=O)NN(Cc1ccc(N(CC)CC)cc1)S(=O)(=O)c1ccccc1-c1ccccc1. The maximum Gasteiger partial charge on any atom is 0.257 e. The monoisotopic (exact) mass is 679 g/mol. The normalized spacial score (nSPS) is 11.7. The lowest BCUT2D eigenvalue weighted by atomic mass is 10.1. The molecule has 0 bridgehead atoms. The van der Waals surface area contributed by atoms with E-state index in [-0.39, 0.29) is 22.8 Å². The Bertz CT molecular complexity index is 1870. The van der Waals surface area contributed by atoms with Crippen LogP contribution in [0.15, 0.2) is 107 Å². The maximum atomic E-state index is 14.4. The zero-order valence-electron chi connectivity index (χ0n) is 27.3. The van der Waals surface area contributed by atoms with Crippen molar-refractivity contribution in [2.45, 2.75) is 31.7 Å². The van der Waals surface area contributed by atoms with E-state index in [1.807, 2.05) is 30.3 Å². The number of methoxy groups -OCH3 is 3. The molecule has 0 atom stereocenters. The standard InChI is InChI=1S/C35H41N3O7S2/c1-7-37(8-2)30-20-18-27(19-21-30)25-38(47(41,42)34-17-13-12-16-31(34)29-14-10-9-11-15-29)36-46(39,40)26(3)22-28-23-32(43-4)35(45-6)33(24-28)44-5/h9-21,23-24,36H,3,7-8,22,25H2,1-2,4-6H3. The van der Waals surface area contributed by atoms with Crippen LogP contribution in [0.3, 0.4) is 0 Å². The first-order valence-corrected chi connectivity index (χ1v) is 17.9. The summed E-state index contributed by atoms with van der Waals surface area (Å²) in [6, 6.07) is 26.1. The molecule has 10 nitrogen and oxygen atoms in total. The van der Waals surface area contributed by atoms with E-state index in [9.17, 15) is 16.8 Å². The number of benzene rings is 4. The summed E-state index contributed by atoms with van der Waals surface area (Å²) in [7, 11) is -4.52. The Hall–Kier alpha value is -4.36. The van der Waals surface area contributed by atoms with Crippen LogP contribution in [-0.2, 0) is 33.0 Å². The summed E-state index contributed by atoms with van der Waals surface area (Å²) in [5.41, 5.74) is 3.17. The van der Waals surface area contributed by atoms with E-state index >= 15 is 0 Å². The molecular weight excluding hydrogens is 639 g/mol. The van der Waals surface area contributed by atoms with Gasteiger partial charge < -0.3 is 19.1 Å². The van der Waals surface area contributed by atoms with Crippen molar-refractivity contribution in [3.8, 4) is 28.4 Å². The Balaban J connectivity index is 1.73. The van der Waals surface area contributed by atoms with Gasteiger partial charge in [-0.1, -0.05) is 67.2 Å². The predicted molar refractivity (Wildman–Crippen MR) is 186 cm³/mol. The second kappa shape index (κ2) is 15.5. The topological polar surface area (TPSA) is 114 Å².